The van der Waals surface area contributed by atoms with E-state index >= 15 is 0 Å². The average Bonchev–Trinajstić information content (AvgIpc) is 2.15. The van der Waals surface area contributed by atoms with Crippen LogP contribution in [0.5, 0.6) is 0 Å². The van der Waals surface area contributed by atoms with Gasteiger partial charge in [-0.1, -0.05) is 13.8 Å². The van der Waals surface area contributed by atoms with Crippen molar-refractivity contribution in [2.24, 2.45) is 5.92 Å². The van der Waals surface area contributed by atoms with E-state index in [1.165, 1.54) is 0 Å². The Morgan fingerprint density at radius 2 is 2.00 bits per heavy atom. The van der Waals surface area contributed by atoms with Crippen molar-refractivity contribution in [3.05, 3.63) is 0 Å². The van der Waals surface area contributed by atoms with E-state index in [1.54, 1.807) is 20.9 Å². The lowest BCUT2D eigenvalue weighted by Gasteiger charge is -2.08. The van der Waals surface area contributed by atoms with E-state index in [2.05, 4.69) is 5.32 Å². The number of hydrogen-bond acceptors (Lipinski definition) is 4. The van der Waals surface area contributed by atoms with Gasteiger partial charge in [0.1, 0.15) is 15.6 Å². The molecule has 0 aromatic heterocycles. The zero-order valence-electron chi connectivity index (χ0n) is 9.04. The van der Waals surface area contributed by atoms with Crippen LogP contribution in [-0.2, 0) is 14.6 Å². The molecule has 0 radical (unpaired) electrons. The van der Waals surface area contributed by atoms with Crippen molar-refractivity contribution in [3.8, 4) is 0 Å². The number of carbonyl (C=O) groups is 1. The third kappa shape index (κ3) is 5.34. The van der Waals surface area contributed by atoms with Gasteiger partial charge in [-0.05, 0) is 7.05 Å². The fraction of sp³-hybridized carbons (Fsp3) is 0.889. The van der Waals surface area contributed by atoms with Crippen LogP contribution in [0.25, 0.3) is 0 Å². The summed E-state index contributed by atoms with van der Waals surface area (Å²) in [6.07, 6.45) is 0.138. The summed E-state index contributed by atoms with van der Waals surface area (Å²) in [4.78, 5) is 11.4. The SMILES string of the molecule is CCS(=O)(=O)CCC(=O)C(C)CNC. The molecule has 5 heteroatoms. The molecule has 0 fully saturated rings. The van der Waals surface area contributed by atoms with Crippen LogP contribution in [0.15, 0.2) is 0 Å². The molecule has 84 valence electrons. The normalized spacial score (nSPS) is 13.9. The number of sulfone groups is 1. The Balaban J connectivity index is 3.97. The summed E-state index contributed by atoms with van der Waals surface area (Å²) in [5.74, 6) is 0.000277. The van der Waals surface area contributed by atoms with E-state index in [-0.39, 0.29) is 29.6 Å². The molecular formula is C9H19NO3S. The molecule has 0 aliphatic carbocycles. The van der Waals surface area contributed by atoms with Crippen LogP contribution < -0.4 is 5.32 Å². The molecule has 0 aromatic carbocycles. The van der Waals surface area contributed by atoms with Crippen LogP contribution in [0.3, 0.4) is 0 Å². The molecule has 0 heterocycles. The summed E-state index contributed by atoms with van der Waals surface area (Å²) in [7, 11) is -1.23. The van der Waals surface area contributed by atoms with E-state index in [4.69, 9.17) is 0 Å². The van der Waals surface area contributed by atoms with Crippen molar-refractivity contribution < 1.29 is 13.2 Å². The molecule has 14 heavy (non-hydrogen) atoms. The van der Waals surface area contributed by atoms with Crippen molar-refractivity contribution >= 4 is 15.6 Å². The van der Waals surface area contributed by atoms with Crippen LogP contribution in [0.4, 0.5) is 0 Å². The highest BCUT2D eigenvalue weighted by Gasteiger charge is 2.15. The fourth-order valence-corrected chi connectivity index (χ4v) is 1.87. The molecule has 0 amide bonds. The van der Waals surface area contributed by atoms with Gasteiger partial charge in [-0.2, -0.15) is 0 Å². The predicted molar refractivity (Wildman–Crippen MR) is 57.0 cm³/mol. The van der Waals surface area contributed by atoms with Crippen LogP contribution in [0, 0.1) is 5.92 Å². The number of Topliss-reactive ketones (excluding diaryl/α,β-unsaturated/α-hetero) is 1. The smallest absolute Gasteiger partial charge is 0.150 e. The summed E-state index contributed by atoms with van der Waals surface area (Å²) in [5, 5.41) is 2.89. The van der Waals surface area contributed by atoms with Gasteiger partial charge < -0.3 is 5.32 Å². The van der Waals surface area contributed by atoms with Crippen LogP contribution >= 0.6 is 0 Å². The molecule has 0 saturated carbocycles. The highest BCUT2D eigenvalue weighted by atomic mass is 32.2. The largest absolute Gasteiger partial charge is 0.319 e. The monoisotopic (exact) mass is 221 g/mol. The van der Waals surface area contributed by atoms with Gasteiger partial charge in [0.05, 0.1) is 5.75 Å². The van der Waals surface area contributed by atoms with Gasteiger partial charge in [-0.25, -0.2) is 8.42 Å². The molecule has 0 aromatic rings. The molecule has 0 rings (SSSR count). The van der Waals surface area contributed by atoms with Gasteiger partial charge >= 0.3 is 0 Å². The second-order valence-electron chi connectivity index (χ2n) is 3.41. The molecule has 0 aliphatic rings. The third-order valence-corrected chi connectivity index (χ3v) is 3.87. The van der Waals surface area contributed by atoms with Gasteiger partial charge in [0.2, 0.25) is 0 Å². The first-order chi connectivity index (χ1) is 6.43. The molecule has 4 nitrogen and oxygen atoms in total. The zero-order chi connectivity index (χ0) is 11.2. The first kappa shape index (κ1) is 13.6. The molecule has 0 saturated heterocycles. The lowest BCUT2D eigenvalue weighted by Crippen LogP contribution is -2.25. The van der Waals surface area contributed by atoms with Crippen molar-refractivity contribution in [2.75, 3.05) is 25.1 Å². The van der Waals surface area contributed by atoms with E-state index < -0.39 is 9.84 Å². The first-order valence-corrected chi connectivity index (χ1v) is 6.62. The summed E-state index contributed by atoms with van der Waals surface area (Å²) >= 11 is 0. The minimum atomic E-state index is -3.00. The van der Waals surface area contributed by atoms with Crippen LogP contribution in [-0.4, -0.2) is 39.3 Å². The van der Waals surface area contributed by atoms with Crippen molar-refractivity contribution in [1.29, 1.82) is 0 Å². The second kappa shape index (κ2) is 6.14. The highest BCUT2D eigenvalue weighted by molar-refractivity contribution is 7.91. The summed E-state index contributed by atoms with van der Waals surface area (Å²) in [5.41, 5.74) is 0. The van der Waals surface area contributed by atoms with E-state index in [0.29, 0.717) is 6.54 Å². The van der Waals surface area contributed by atoms with Crippen molar-refractivity contribution in [2.45, 2.75) is 20.3 Å². The first-order valence-electron chi connectivity index (χ1n) is 4.80. The molecule has 0 spiro atoms. The van der Waals surface area contributed by atoms with E-state index in [0.717, 1.165) is 0 Å². The van der Waals surface area contributed by atoms with Gasteiger partial charge in [0, 0.05) is 24.6 Å². The molecule has 1 atom stereocenters. The van der Waals surface area contributed by atoms with Gasteiger partial charge in [0.15, 0.2) is 0 Å². The van der Waals surface area contributed by atoms with Gasteiger partial charge in [-0.3, -0.25) is 4.79 Å². The molecule has 0 bridgehead atoms. The minimum Gasteiger partial charge on any atom is -0.319 e. The fourth-order valence-electron chi connectivity index (χ4n) is 1.07. The molecule has 1 unspecified atom stereocenters. The Bertz CT molecular complexity index is 272. The second-order valence-corrected chi connectivity index (χ2v) is 5.88. The maximum Gasteiger partial charge on any atom is 0.150 e. The summed E-state index contributed by atoms with van der Waals surface area (Å²) < 4.78 is 22.2. The molecule has 1 N–H and O–H groups in total. The van der Waals surface area contributed by atoms with Crippen LogP contribution in [0.1, 0.15) is 20.3 Å². The quantitative estimate of drug-likeness (QED) is 0.668. The molecule has 0 aliphatic heterocycles. The summed E-state index contributed by atoms with van der Waals surface area (Å²) in [6.45, 7) is 4.00. The number of ketones is 1. The number of hydrogen-bond donors (Lipinski definition) is 1. The Kier molecular flexibility index (Phi) is 5.95. The standard InChI is InChI=1S/C9H19NO3S/c1-4-14(12,13)6-5-9(11)8(2)7-10-3/h8,10H,4-7H2,1-3H3. The Morgan fingerprint density at radius 1 is 1.43 bits per heavy atom. The number of carbonyl (C=O) groups excluding carboxylic acids is 1. The van der Waals surface area contributed by atoms with Gasteiger partial charge in [-0.15, -0.1) is 0 Å². The predicted octanol–water partition coefficient (Wildman–Crippen LogP) is 0.236. The Morgan fingerprint density at radius 3 is 2.43 bits per heavy atom. The maximum atomic E-state index is 11.4. The van der Waals surface area contributed by atoms with Crippen LogP contribution in [0.2, 0.25) is 0 Å². The Hall–Kier alpha value is -0.420. The summed E-state index contributed by atoms with van der Waals surface area (Å²) in [6, 6.07) is 0. The number of nitrogens with one attached hydrogen (secondary N) is 1. The minimum absolute atomic E-state index is 0.0105. The lowest BCUT2D eigenvalue weighted by atomic mass is 10.1. The van der Waals surface area contributed by atoms with Crippen molar-refractivity contribution in [1.82, 2.24) is 5.32 Å². The molecular weight excluding hydrogens is 202 g/mol. The average molecular weight is 221 g/mol. The number of rotatable bonds is 7. The lowest BCUT2D eigenvalue weighted by molar-refractivity contribution is -0.121. The maximum absolute atomic E-state index is 11.4. The Labute approximate surface area is 86.0 Å². The van der Waals surface area contributed by atoms with Gasteiger partial charge in [0.25, 0.3) is 0 Å². The third-order valence-electron chi connectivity index (χ3n) is 2.16. The van der Waals surface area contributed by atoms with Crippen molar-refractivity contribution in [3.63, 3.8) is 0 Å². The topological polar surface area (TPSA) is 63.2 Å². The zero-order valence-corrected chi connectivity index (χ0v) is 9.86. The van der Waals surface area contributed by atoms with E-state index in [9.17, 15) is 13.2 Å². The van der Waals surface area contributed by atoms with E-state index in [1.807, 2.05) is 0 Å². The highest BCUT2D eigenvalue weighted by Crippen LogP contribution is 2.02.